The van der Waals surface area contributed by atoms with Crippen LogP contribution in [0, 0.1) is 0 Å². The number of hydrogen-bond donors (Lipinski definition) is 1. The molecule has 0 atom stereocenters. The third-order valence-electron chi connectivity index (χ3n) is 2.54. The van der Waals surface area contributed by atoms with E-state index in [1.807, 2.05) is 30.3 Å². The standard InChI is InChI=1S/C13H14N2O3/c1-2-18-12(16)11-8-14-13(17)15(11)9-10-6-4-3-5-7-10/h3-8H,2,9H2,1H3,(H,14,17). The molecule has 0 unspecified atom stereocenters. The first kappa shape index (κ1) is 12.2. The monoisotopic (exact) mass is 246 g/mol. The maximum absolute atomic E-state index is 11.7. The van der Waals surface area contributed by atoms with E-state index in [2.05, 4.69) is 4.98 Å². The quantitative estimate of drug-likeness (QED) is 0.829. The number of nitrogens with zero attached hydrogens (tertiary/aromatic N) is 1. The van der Waals surface area contributed by atoms with Crippen molar-refractivity contribution in [1.29, 1.82) is 0 Å². The number of aromatic amines is 1. The van der Waals surface area contributed by atoms with Gasteiger partial charge in [-0.15, -0.1) is 0 Å². The van der Waals surface area contributed by atoms with Crippen molar-refractivity contribution in [3.63, 3.8) is 0 Å². The molecule has 5 nitrogen and oxygen atoms in total. The van der Waals surface area contributed by atoms with Crippen molar-refractivity contribution in [3.05, 3.63) is 58.3 Å². The van der Waals surface area contributed by atoms with Crippen LogP contribution in [0.1, 0.15) is 23.0 Å². The van der Waals surface area contributed by atoms with Crippen molar-refractivity contribution in [2.45, 2.75) is 13.5 Å². The van der Waals surface area contributed by atoms with Crippen molar-refractivity contribution in [2.75, 3.05) is 6.61 Å². The van der Waals surface area contributed by atoms with Crippen molar-refractivity contribution in [3.8, 4) is 0 Å². The lowest BCUT2D eigenvalue weighted by Crippen LogP contribution is -2.22. The van der Waals surface area contributed by atoms with Gasteiger partial charge in [0, 0.05) is 6.20 Å². The highest BCUT2D eigenvalue weighted by molar-refractivity contribution is 5.87. The summed E-state index contributed by atoms with van der Waals surface area (Å²) in [5.41, 5.74) is 0.873. The summed E-state index contributed by atoms with van der Waals surface area (Å²) in [4.78, 5) is 25.8. The van der Waals surface area contributed by atoms with Gasteiger partial charge in [-0.05, 0) is 12.5 Å². The number of H-pyrrole nitrogens is 1. The minimum atomic E-state index is -0.494. The first-order valence-corrected chi connectivity index (χ1v) is 5.71. The van der Waals surface area contributed by atoms with E-state index < -0.39 is 5.97 Å². The fraction of sp³-hybridized carbons (Fsp3) is 0.231. The van der Waals surface area contributed by atoms with Gasteiger partial charge in [0.2, 0.25) is 0 Å². The lowest BCUT2D eigenvalue weighted by molar-refractivity contribution is 0.0514. The summed E-state index contributed by atoms with van der Waals surface area (Å²) in [6.45, 7) is 2.35. The molecule has 2 aromatic rings. The number of hydrogen-bond acceptors (Lipinski definition) is 3. The van der Waals surface area contributed by atoms with E-state index >= 15 is 0 Å². The molecule has 5 heteroatoms. The van der Waals surface area contributed by atoms with Crippen molar-refractivity contribution in [1.82, 2.24) is 9.55 Å². The predicted octanol–water partition coefficient (Wildman–Crippen LogP) is 1.40. The van der Waals surface area contributed by atoms with Crippen LogP contribution in [0.3, 0.4) is 0 Å². The Bertz CT molecular complexity index is 584. The molecule has 2 rings (SSSR count). The van der Waals surface area contributed by atoms with E-state index in [-0.39, 0.29) is 18.0 Å². The second kappa shape index (κ2) is 5.35. The van der Waals surface area contributed by atoms with Gasteiger partial charge in [0.25, 0.3) is 0 Å². The number of aromatic nitrogens is 2. The molecule has 0 radical (unpaired) electrons. The molecule has 0 amide bonds. The van der Waals surface area contributed by atoms with Gasteiger partial charge in [-0.1, -0.05) is 30.3 Å². The lowest BCUT2D eigenvalue weighted by atomic mass is 10.2. The fourth-order valence-electron chi connectivity index (χ4n) is 1.69. The lowest BCUT2D eigenvalue weighted by Gasteiger charge is -2.06. The summed E-state index contributed by atoms with van der Waals surface area (Å²) < 4.78 is 6.27. The van der Waals surface area contributed by atoms with Gasteiger partial charge in [0.05, 0.1) is 13.2 Å². The molecular weight excluding hydrogens is 232 g/mol. The van der Waals surface area contributed by atoms with Crippen LogP contribution in [0.15, 0.2) is 41.3 Å². The minimum absolute atomic E-state index is 0.241. The Labute approximate surface area is 104 Å². The molecule has 0 spiro atoms. The molecule has 0 aliphatic carbocycles. The van der Waals surface area contributed by atoms with Crippen molar-refractivity contribution < 1.29 is 9.53 Å². The molecule has 1 aromatic heterocycles. The van der Waals surface area contributed by atoms with Gasteiger partial charge in [-0.25, -0.2) is 9.59 Å². The van der Waals surface area contributed by atoms with Gasteiger partial charge >= 0.3 is 11.7 Å². The second-order valence-electron chi connectivity index (χ2n) is 3.77. The highest BCUT2D eigenvalue weighted by Gasteiger charge is 2.15. The molecule has 0 saturated heterocycles. The van der Waals surface area contributed by atoms with Crippen LogP contribution in [0.4, 0.5) is 0 Å². The second-order valence-corrected chi connectivity index (χ2v) is 3.77. The number of imidazole rings is 1. The smallest absolute Gasteiger partial charge is 0.356 e. The van der Waals surface area contributed by atoms with Crippen LogP contribution in [0.2, 0.25) is 0 Å². The van der Waals surface area contributed by atoms with Gasteiger partial charge in [0.1, 0.15) is 5.69 Å². The normalized spacial score (nSPS) is 10.3. The van der Waals surface area contributed by atoms with E-state index in [0.717, 1.165) is 5.56 Å². The Kier molecular flexibility index (Phi) is 3.62. The number of carbonyl (C=O) groups is 1. The molecule has 1 N–H and O–H groups in total. The van der Waals surface area contributed by atoms with Crippen LogP contribution in [-0.4, -0.2) is 22.1 Å². The number of benzene rings is 1. The number of ether oxygens (including phenoxy) is 1. The summed E-state index contributed by atoms with van der Waals surface area (Å²) >= 11 is 0. The molecule has 0 saturated carbocycles. The molecule has 0 aliphatic heterocycles. The molecule has 0 fully saturated rings. The van der Waals surface area contributed by atoms with Crippen LogP contribution in [-0.2, 0) is 11.3 Å². The average molecular weight is 246 g/mol. The van der Waals surface area contributed by atoms with Crippen molar-refractivity contribution >= 4 is 5.97 Å². The molecule has 0 aliphatic rings. The summed E-state index contributed by atoms with van der Waals surface area (Å²) in [5, 5.41) is 0. The van der Waals surface area contributed by atoms with E-state index in [0.29, 0.717) is 6.54 Å². The summed E-state index contributed by atoms with van der Waals surface area (Å²) in [7, 11) is 0. The van der Waals surface area contributed by atoms with E-state index in [9.17, 15) is 9.59 Å². The number of esters is 1. The van der Waals surface area contributed by atoms with Crippen LogP contribution < -0.4 is 5.69 Å². The molecule has 18 heavy (non-hydrogen) atoms. The first-order valence-electron chi connectivity index (χ1n) is 5.71. The Morgan fingerprint density at radius 3 is 2.72 bits per heavy atom. The zero-order valence-electron chi connectivity index (χ0n) is 10.1. The Hall–Kier alpha value is -2.30. The minimum Gasteiger partial charge on any atom is -0.461 e. The Balaban J connectivity index is 2.30. The van der Waals surface area contributed by atoms with Crippen LogP contribution in [0.25, 0.3) is 0 Å². The van der Waals surface area contributed by atoms with Gasteiger partial charge in [-0.2, -0.15) is 0 Å². The van der Waals surface area contributed by atoms with E-state index in [1.165, 1.54) is 10.8 Å². The SMILES string of the molecule is CCOC(=O)c1c[nH]c(=O)n1Cc1ccccc1. The van der Waals surface area contributed by atoms with Crippen LogP contribution in [0.5, 0.6) is 0 Å². The average Bonchev–Trinajstić information content (AvgIpc) is 2.73. The third kappa shape index (κ3) is 2.51. The maximum Gasteiger partial charge on any atom is 0.356 e. The molecular formula is C13H14N2O3. The largest absolute Gasteiger partial charge is 0.461 e. The zero-order chi connectivity index (χ0) is 13.0. The van der Waals surface area contributed by atoms with E-state index in [4.69, 9.17) is 4.74 Å². The summed E-state index contributed by atoms with van der Waals surface area (Å²) in [6.07, 6.45) is 1.38. The highest BCUT2D eigenvalue weighted by Crippen LogP contribution is 2.05. The number of rotatable bonds is 4. The van der Waals surface area contributed by atoms with Gasteiger partial charge in [-0.3, -0.25) is 4.57 Å². The topological polar surface area (TPSA) is 64.1 Å². The molecule has 94 valence electrons. The van der Waals surface area contributed by atoms with Crippen molar-refractivity contribution in [2.24, 2.45) is 0 Å². The number of carbonyl (C=O) groups excluding carboxylic acids is 1. The summed E-state index contributed by atoms with van der Waals surface area (Å²) in [6, 6.07) is 9.46. The molecule has 1 aromatic carbocycles. The van der Waals surface area contributed by atoms with Gasteiger partial charge in [0.15, 0.2) is 0 Å². The zero-order valence-corrected chi connectivity index (χ0v) is 10.1. The van der Waals surface area contributed by atoms with E-state index in [1.54, 1.807) is 6.92 Å². The Morgan fingerprint density at radius 1 is 1.33 bits per heavy atom. The highest BCUT2D eigenvalue weighted by atomic mass is 16.5. The molecule has 1 heterocycles. The van der Waals surface area contributed by atoms with Crippen LogP contribution >= 0.6 is 0 Å². The maximum atomic E-state index is 11.7. The number of nitrogens with one attached hydrogen (secondary N) is 1. The molecule has 0 bridgehead atoms. The van der Waals surface area contributed by atoms with Gasteiger partial charge < -0.3 is 9.72 Å². The summed E-state index contributed by atoms with van der Waals surface area (Å²) in [5.74, 6) is -0.494. The third-order valence-corrected chi connectivity index (χ3v) is 2.54. The first-order chi connectivity index (χ1) is 8.72. The Morgan fingerprint density at radius 2 is 2.06 bits per heavy atom. The fourth-order valence-corrected chi connectivity index (χ4v) is 1.69. The predicted molar refractivity (Wildman–Crippen MR) is 66.6 cm³/mol.